The van der Waals surface area contributed by atoms with Gasteiger partial charge in [-0.2, -0.15) is 18.4 Å². The molecule has 0 bridgehead atoms. The fourth-order valence-corrected chi connectivity index (χ4v) is 5.58. The molecule has 0 radical (unpaired) electrons. The van der Waals surface area contributed by atoms with Crippen molar-refractivity contribution in [2.24, 2.45) is 17.6 Å². The van der Waals surface area contributed by atoms with Gasteiger partial charge >= 0.3 is 6.18 Å². The van der Waals surface area contributed by atoms with E-state index in [1.54, 1.807) is 30.7 Å². The number of carbonyl (C=O) groups is 1. The minimum absolute atomic E-state index is 0.00514. The Balaban J connectivity index is 1.61. The van der Waals surface area contributed by atoms with Crippen molar-refractivity contribution in [3.63, 3.8) is 0 Å². The van der Waals surface area contributed by atoms with Crippen LogP contribution < -0.4 is 11.1 Å². The minimum Gasteiger partial charge on any atom is -0.358 e. The number of nitrogens with two attached hydrogens (primary N) is 1. The average Bonchev–Trinajstić information content (AvgIpc) is 3.47. The molecule has 11 heteroatoms. The van der Waals surface area contributed by atoms with Gasteiger partial charge in [0, 0.05) is 37.9 Å². The van der Waals surface area contributed by atoms with Gasteiger partial charge in [-0.25, -0.2) is 4.98 Å². The molecule has 1 aromatic heterocycles. The molecular weight excluding hydrogens is 609 g/mol. The van der Waals surface area contributed by atoms with E-state index in [0.717, 1.165) is 17.2 Å². The van der Waals surface area contributed by atoms with E-state index in [4.69, 9.17) is 23.2 Å². The van der Waals surface area contributed by atoms with Crippen LogP contribution in [0.25, 0.3) is 0 Å². The van der Waals surface area contributed by atoms with Crippen molar-refractivity contribution < 1.29 is 18.0 Å². The van der Waals surface area contributed by atoms with Crippen LogP contribution in [-0.4, -0.2) is 31.5 Å². The van der Waals surface area contributed by atoms with Gasteiger partial charge in [0.1, 0.15) is 5.78 Å². The van der Waals surface area contributed by atoms with Gasteiger partial charge in [0.2, 0.25) is 0 Å². The molecule has 2 atom stereocenters. The summed E-state index contributed by atoms with van der Waals surface area (Å²) in [5, 5.41) is 12.4. The molecule has 3 aromatic carbocycles. The highest BCUT2D eigenvalue weighted by Gasteiger charge is 2.36. The fraction of sp³-hybridized carbons (Fsp3) is 0.314. The van der Waals surface area contributed by atoms with E-state index in [1.165, 1.54) is 17.0 Å². The number of rotatable bonds is 13. The summed E-state index contributed by atoms with van der Waals surface area (Å²) in [4.78, 5) is 19.8. The number of thiocarbonyl (C=S) groups is 1. The third-order valence-electron chi connectivity index (χ3n) is 7.71. The summed E-state index contributed by atoms with van der Waals surface area (Å²) in [7, 11) is 0. The number of carbonyl (C=O) groups excluding carboxylic acids is 1. The van der Waals surface area contributed by atoms with Crippen molar-refractivity contribution in [3.8, 4) is 6.07 Å². The van der Waals surface area contributed by atoms with Gasteiger partial charge in [-0.05, 0) is 59.4 Å². The van der Waals surface area contributed by atoms with E-state index in [0.29, 0.717) is 30.8 Å². The summed E-state index contributed by atoms with van der Waals surface area (Å²) < 4.78 is 43.9. The van der Waals surface area contributed by atoms with E-state index >= 15 is 0 Å². The fourth-order valence-electron chi connectivity index (χ4n) is 5.32. The number of imidazole rings is 1. The number of hydrogen-bond donors (Lipinski definition) is 2. The monoisotopic (exact) mass is 646 g/mol. The predicted octanol–water partition coefficient (Wildman–Crippen LogP) is 6.46. The highest BCUT2D eigenvalue weighted by atomic mass is 32.1. The number of alkyl halides is 3. The van der Waals surface area contributed by atoms with Crippen LogP contribution in [0.1, 0.15) is 53.8 Å². The number of halogens is 3. The molecule has 0 spiro atoms. The van der Waals surface area contributed by atoms with Crippen LogP contribution in [0.4, 0.5) is 13.2 Å². The summed E-state index contributed by atoms with van der Waals surface area (Å²) in [6.45, 7) is 4.48. The Bertz CT molecular complexity index is 1650. The first-order valence-corrected chi connectivity index (χ1v) is 15.4. The minimum atomic E-state index is -4.58. The van der Waals surface area contributed by atoms with Crippen molar-refractivity contribution >= 4 is 23.1 Å². The zero-order valence-electron chi connectivity index (χ0n) is 25.7. The maximum Gasteiger partial charge on any atom is 0.416 e. The van der Waals surface area contributed by atoms with Crippen LogP contribution in [-0.2, 0) is 37.0 Å². The third kappa shape index (κ3) is 9.25. The van der Waals surface area contributed by atoms with Crippen LogP contribution in [0.5, 0.6) is 0 Å². The van der Waals surface area contributed by atoms with Gasteiger partial charge in [0.15, 0.2) is 5.11 Å². The smallest absolute Gasteiger partial charge is 0.358 e. The molecule has 1 heterocycles. The summed E-state index contributed by atoms with van der Waals surface area (Å²) in [5.41, 5.74) is 9.17. The Hall–Kier alpha value is -4.53. The maximum atomic E-state index is 14.0. The molecule has 7 nitrogen and oxygen atoms in total. The van der Waals surface area contributed by atoms with Crippen LogP contribution in [0, 0.1) is 23.2 Å². The average molecular weight is 647 g/mol. The molecule has 0 fully saturated rings. The number of Topliss-reactive ketones (excluding diaryl/α,β-unsaturated/α-hetero) is 1. The molecule has 0 aliphatic heterocycles. The number of nitrogens with one attached hydrogen (secondary N) is 1. The first kappa shape index (κ1) is 34.3. The summed E-state index contributed by atoms with van der Waals surface area (Å²) >= 11 is 5.74. The van der Waals surface area contributed by atoms with Crippen molar-refractivity contribution in [1.82, 2.24) is 19.8 Å². The summed E-state index contributed by atoms with van der Waals surface area (Å²) in [5.74, 6) is -0.839. The molecule has 0 aliphatic rings. The number of nitrogens with zero attached hydrogens (tertiary/aromatic N) is 4. The van der Waals surface area contributed by atoms with Crippen molar-refractivity contribution in [3.05, 3.63) is 125 Å². The Morgan fingerprint density at radius 2 is 1.72 bits per heavy atom. The lowest BCUT2D eigenvalue weighted by Crippen LogP contribution is -2.55. The molecule has 4 rings (SSSR count). The number of hydrogen-bond acceptors (Lipinski definition) is 5. The normalized spacial score (nSPS) is 12.7. The van der Waals surface area contributed by atoms with Crippen LogP contribution in [0.3, 0.4) is 0 Å². The van der Waals surface area contributed by atoms with Gasteiger partial charge in [0.25, 0.3) is 0 Å². The maximum absolute atomic E-state index is 14.0. The second kappa shape index (κ2) is 15.7. The number of nitriles is 1. The molecule has 240 valence electrons. The molecule has 0 saturated carbocycles. The van der Waals surface area contributed by atoms with Crippen molar-refractivity contribution in [2.45, 2.75) is 58.7 Å². The SMILES string of the molecule is CC(C)C[C@H](C(=O)Cc1cncn1Cc1ccc(C#N)cc1)C(N)N(Cc1ccccc1C(F)(F)F)C(=S)NCc1ccccc1. The number of ketones is 1. The van der Waals surface area contributed by atoms with Crippen molar-refractivity contribution in [1.29, 1.82) is 5.26 Å². The molecule has 0 aliphatic carbocycles. The topological polar surface area (TPSA) is 100.0 Å². The predicted molar refractivity (Wildman–Crippen MR) is 175 cm³/mol. The lowest BCUT2D eigenvalue weighted by Gasteiger charge is -2.37. The second-order valence-corrected chi connectivity index (χ2v) is 12.0. The van der Waals surface area contributed by atoms with Gasteiger partial charge in [-0.15, -0.1) is 0 Å². The Labute approximate surface area is 272 Å². The number of aromatic nitrogens is 2. The second-order valence-electron chi connectivity index (χ2n) is 11.6. The molecule has 0 saturated heterocycles. The van der Waals surface area contributed by atoms with Gasteiger partial charge in [0.05, 0.1) is 35.6 Å². The van der Waals surface area contributed by atoms with E-state index in [-0.39, 0.29) is 35.3 Å². The highest BCUT2D eigenvalue weighted by molar-refractivity contribution is 7.80. The number of benzene rings is 3. The molecular formula is C35H37F3N6OS. The van der Waals surface area contributed by atoms with Crippen LogP contribution in [0.15, 0.2) is 91.4 Å². The lowest BCUT2D eigenvalue weighted by molar-refractivity contribution is -0.138. The standard InChI is InChI=1S/C35H37F3N6OS/c1-24(2)16-30(32(45)17-29-20-41-23-43(29)21-27-14-12-25(18-39)13-15-27)33(40)44(34(46)42-19-26-8-4-3-5-9-26)22-28-10-6-7-11-31(28)35(36,37)38/h3-15,20,23-24,30,33H,16-17,19,21-22,40H2,1-2H3,(H,42,46)/t30-,33?/m1/s1. The highest BCUT2D eigenvalue weighted by Crippen LogP contribution is 2.33. The van der Waals surface area contributed by atoms with Gasteiger partial charge < -0.3 is 20.5 Å². The zero-order valence-corrected chi connectivity index (χ0v) is 26.6. The molecule has 46 heavy (non-hydrogen) atoms. The van der Waals surface area contributed by atoms with Crippen LogP contribution in [0.2, 0.25) is 0 Å². The largest absolute Gasteiger partial charge is 0.416 e. The van der Waals surface area contributed by atoms with Gasteiger partial charge in [-0.3, -0.25) is 4.79 Å². The van der Waals surface area contributed by atoms with Crippen molar-refractivity contribution in [2.75, 3.05) is 0 Å². The summed E-state index contributed by atoms with van der Waals surface area (Å²) in [6.07, 6.45) is -1.89. The zero-order chi connectivity index (χ0) is 33.3. The van der Waals surface area contributed by atoms with E-state index in [9.17, 15) is 18.0 Å². The summed E-state index contributed by atoms with van der Waals surface area (Å²) in [6, 6.07) is 24.0. The molecule has 0 amide bonds. The Morgan fingerprint density at radius 3 is 2.37 bits per heavy atom. The third-order valence-corrected chi connectivity index (χ3v) is 8.09. The lowest BCUT2D eigenvalue weighted by atomic mass is 9.88. The van der Waals surface area contributed by atoms with E-state index in [2.05, 4.69) is 16.4 Å². The van der Waals surface area contributed by atoms with E-state index < -0.39 is 23.8 Å². The molecule has 1 unspecified atom stereocenters. The first-order chi connectivity index (χ1) is 22.0. The first-order valence-electron chi connectivity index (χ1n) is 15.0. The molecule has 3 N–H and O–H groups in total. The molecule has 4 aromatic rings. The van der Waals surface area contributed by atoms with Crippen LogP contribution >= 0.6 is 12.2 Å². The quantitative estimate of drug-likeness (QED) is 0.127. The van der Waals surface area contributed by atoms with Gasteiger partial charge in [-0.1, -0.05) is 74.5 Å². The van der Waals surface area contributed by atoms with E-state index in [1.807, 2.05) is 60.9 Å². The Morgan fingerprint density at radius 1 is 1.04 bits per heavy atom. The Kier molecular flexibility index (Phi) is 11.7.